The Morgan fingerprint density at radius 1 is 1.14 bits per heavy atom. The van der Waals surface area contributed by atoms with Gasteiger partial charge >= 0.3 is 0 Å². The van der Waals surface area contributed by atoms with Crippen LogP contribution in [0.4, 0.5) is 17.2 Å². The molecule has 1 aromatic heterocycles. The lowest BCUT2D eigenvalue weighted by atomic mass is 10.1. The predicted molar refractivity (Wildman–Crippen MR) is 113 cm³/mol. The maximum absolute atomic E-state index is 6.04. The molecule has 0 spiro atoms. The number of hydrogen-bond acceptors (Lipinski definition) is 6. The SMILES string of the molecule is COc1ccc(Nc2nc(C)cc3c2N=CC3)cc1OCCCN1CCCC1. The molecule has 0 amide bonds. The fourth-order valence-electron chi connectivity index (χ4n) is 3.84. The van der Waals surface area contributed by atoms with E-state index in [1.54, 1.807) is 7.11 Å². The first-order valence-electron chi connectivity index (χ1n) is 10.1. The summed E-state index contributed by atoms with van der Waals surface area (Å²) in [5.74, 6) is 2.28. The topological polar surface area (TPSA) is 59.0 Å². The van der Waals surface area contributed by atoms with Gasteiger partial charge in [0.1, 0.15) is 5.69 Å². The van der Waals surface area contributed by atoms with Crippen molar-refractivity contribution in [3.63, 3.8) is 0 Å². The summed E-state index contributed by atoms with van der Waals surface area (Å²) in [5.41, 5.74) is 4.03. The van der Waals surface area contributed by atoms with Gasteiger partial charge in [0, 0.05) is 36.6 Å². The van der Waals surface area contributed by atoms with Crippen molar-refractivity contribution in [1.82, 2.24) is 9.88 Å². The lowest BCUT2D eigenvalue weighted by molar-refractivity contribution is 0.254. The van der Waals surface area contributed by atoms with Crippen molar-refractivity contribution in [2.24, 2.45) is 4.99 Å². The first-order valence-corrected chi connectivity index (χ1v) is 10.1. The van der Waals surface area contributed by atoms with E-state index in [0.717, 1.165) is 53.8 Å². The Balaban J connectivity index is 1.44. The summed E-state index contributed by atoms with van der Waals surface area (Å²) in [7, 11) is 1.67. The summed E-state index contributed by atoms with van der Waals surface area (Å²) in [6, 6.07) is 7.97. The molecule has 1 N–H and O–H groups in total. The second kappa shape index (κ2) is 8.61. The van der Waals surface area contributed by atoms with Crippen LogP contribution in [0.25, 0.3) is 0 Å². The highest BCUT2D eigenvalue weighted by molar-refractivity contribution is 5.83. The average molecular weight is 380 g/mol. The molecule has 2 aromatic rings. The molecule has 2 aliphatic heterocycles. The number of methoxy groups -OCH3 is 1. The molecule has 0 unspecified atom stereocenters. The number of aromatic nitrogens is 1. The lowest BCUT2D eigenvalue weighted by Crippen LogP contribution is -2.21. The van der Waals surface area contributed by atoms with Gasteiger partial charge in [-0.3, -0.25) is 4.99 Å². The Kier molecular flexibility index (Phi) is 5.76. The fourth-order valence-corrected chi connectivity index (χ4v) is 3.84. The summed E-state index contributed by atoms with van der Waals surface area (Å²) in [4.78, 5) is 11.6. The van der Waals surface area contributed by atoms with E-state index in [4.69, 9.17) is 9.47 Å². The van der Waals surface area contributed by atoms with Gasteiger partial charge in [-0.2, -0.15) is 0 Å². The molecule has 0 atom stereocenters. The van der Waals surface area contributed by atoms with Crippen LogP contribution in [-0.2, 0) is 6.42 Å². The number of nitrogens with one attached hydrogen (secondary N) is 1. The summed E-state index contributed by atoms with van der Waals surface area (Å²) >= 11 is 0. The molecule has 0 aliphatic carbocycles. The normalized spacial score (nSPS) is 15.6. The van der Waals surface area contributed by atoms with Gasteiger partial charge < -0.3 is 19.7 Å². The van der Waals surface area contributed by atoms with Crippen molar-refractivity contribution < 1.29 is 9.47 Å². The Labute approximate surface area is 166 Å². The van der Waals surface area contributed by atoms with Crippen molar-refractivity contribution in [1.29, 1.82) is 0 Å². The molecule has 2 aliphatic rings. The quantitative estimate of drug-likeness (QED) is 0.693. The number of rotatable bonds is 8. The van der Waals surface area contributed by atoms with Crippen LogP contribution in [-0.4, -0.2) is 49.4 Å². The number of ether oxygens (including phenoxy) is 2. The number of nitrogens with zero attached hydrogens (tertiary/aromatic N) is 3. The van der Waals surface area contributed by atoms with Gasteiger partial charge in [-0.25, -0.2) is 4.98 Å². The van der Waals surface area contributed by atoms with Gasteiger partial charge in [0.2, 0.25) is 0 Å². The number of fused-ring (bicyclic) bond motifs is 1. The van der Waals surface area contributed by atoms with Crippen LogP contribution < -0.4 is 14.8 Å². The molecule has 0 radical (unpaired) electrons. The minimum absolute atomic E-state index is 0.679. The number of aryl methyl sites for hydroxylation is 1. The zero-order valence-electron chi connectivity index (χ0n) is 16.7. The van der Waals surface area contributed by atoms with Crippen molar-refractivity contribution in [2.45, 2.75) is 32.6 Å². The van der Waals surface area contributed by atoms with Crippen LogP contribution in [0.15, 0.2) is 29.3 Å². The van der Waals surface area contributed by atoms with Crippen LogP contribution in [0.2, 0.25) is 0 Å². The second-order valence-corrected chi connectivity index (χ2v) is 7.38. The van der Waals surface area contributed by atoms with E-state index in [-0.39, 0.29) is 0 Å². The van der Waals surface area contributed by atoms with E-state index in [0.29, 0.717) is 6.61 Å². The molecule has 3 heterocycles. The van der Waals surface area contributed by atoms with E-state index in [1.165, 1.54) is 31.5 Å². The minimum Gasteiger partial charge on any atom is -0.493 e. The molecular formula is C22H28N4O2. The maximum atomic E-state index is 6.04. The fraction of sp³-hybridized carbons (Fsp3) is 0.455. The molecular weight excluding hydrogens is 352 g/mol. The number of pyridine rings is 1. The van der Waals surface area contributed by atoms with Crippen LogP contribution in [0.5, 0.6) is 11.5 Å². The van der Waals surface area contributed by atoms with Gasteiger partial charge in [0.05, 0.1) is 13.7 Å². The average Bonchev–Trinajstić information content (AvgIpc) is 3.37. The van der Waals surface area contributed by atoms with Crippen LogP contribution in [0.3, 0.4) is 0 Å². The van der Waals surface area contributed by atoms with E-state index in [1.807, 2.05) is 31.3 Å². The summed E-state index contributed by atoms with van der Waals surface area (Å²) < 4.78 is 11.5. The van der Waals surface area contributed by atoms with Crippen molar-refractivity contribution >= 4 is 23.4 Å². The largest absolute Gasteiger partial charge is 0.493 e. The molecule has 148 valence electrons. The van der Waals surface area contributed by atoms with Crippen LogP contribution in [0, 0.1) is 6.92 Å². The highest BCUT2D eigenvalue weighted by Crippen LogP contribution is 2.36. The van der Waals surface area contributed by atoms with Gasteiger partial charge in [0.25, 0.3) is 0 Å². The number of likely N-dealkylation sites (tertiary alicyclic amines) is 1. The lowest BCUT2D eigenvalue weighted by Gasteiger charge is -2.16. The summed E-state index contributed by atoms with van der Waals surface area (Å²) in [6.07, 6.45) is 6.45. The zero-order chi connectivity index (χ0) is 19.3. The van der Waals surface area contributed by atoms with Gasteiger partial charge in [-0.15, -0.1) is 0 Å². The van der Waals surface area contributed by atoms with E-state index in [9.17, 15) is 0 Å². The Bertz CT molecular complexity index is 860. The van der Waals surface area contributed by atoms with E-state index in [2.05, 4.69) is 26.3 Å². The van der Waals surface area contributed by atoms with Gasteiger partial charge in [-0.05, 0) is 63.0 Å². The standard InChI is InChI=1S/C22H28N4O2/c1-16-14-17-8-9-23-21(17)22(24-16)25-18-6-7-19(27-2)20(15-18)28-13-5-12-26-10-3-4-11-26/h6-7,9,14-15H,3-5,8,10-13H2,1-2H3,(H,24,25). The van der Waals surface area contributed by atoms with Gasteiger partial charge in [-0.1, -0.05) is 0 Å². The third-order valence-corrected chi connectivity index (χ3v) is 5.23. The van der Waals surface area contributed by atoms with Crippen LogP contribution in [0.1, 0.15) is 30.5 Å². The maximum Gasteiger partial charge on any atom is 0.163 e. The molecule has 6 nitrogen and oxygen atoms in total. The minimum atomic E-state index is 0.679. The highest BCUT2D eigenvalue weighted by Gasteiger charge is 2.15. The van der Waals surface area contributed by atoms with E-state index >= 15 is 0 Å². The van der Waals surface area contributed by atoms with E-state index < -0.39 is 0 Å². The third-order valence-electron chi connectivity index (χ3n) is 5.23. The number of hydrogen-bond donors (Lipinski definition) is 1. The monoisotopic (exact) mass is 380 g/mol. The first kappa shape index (κ1) is 18.7. The predicted octanol–water partition coefficient (Wildman–Crippen LogP) is 4.27. The number of benzene rings is 1. The summed E-state index contributed by atoms with van der Waals surface area (Å²) in [6.45, 7) is 6.22. The molecule has 0 saturated carbocycles. The Morgan fingerprint density at radius 2 is 2.00 bits per heavy atom. The molecule has 1 aromatic carbocycles. The Hall–Kier alpha value is -2.60. The highest BCUT2D eigenvalue weighted by atomic mass is 16.5. The Morgan fingerprint density at radius 3 is 2.82 bits per heavy atom. The smallest absolute Gasteiger partial charge is 0.163 e. The molecule has 1 fully saturated rings. The molecule has 0 bridgehead atoms. The molecule has 28 heavy (non-hydrogen) atoms. The number of aliphatic imine (C=N–C) groups is 1. The van der Waals surface area contributed by atoms with Crippen LogP contribution >= 0.6 is 0 Å². The third kappa shape index (κ3) is 4.28. The zero-order valence-corrected chi connectivity index (χ0v) is 16.7. The van der Waals surface area contributed by atoms with Gasteiger partial charge in [0.15, 0.2) is 17.3 Å². The summed E-state index contributed by atoms with van der Waals surface area (Å²) in [5, 5.41) is 3.40. The first-order chi connectivity index (χ1) is 13.7. The van der Waals surface area contributed by atoms with Crippen molar-refractivity contribution in [2.75, 3.05) is 38.7 Å². The molecule has 1 saturated heterocycles. The molecule has 4 rings (SSSR count). The van der Waals surface area contributed by atoms with Crippen molar-refractivity contribution in [3.05, 3.63) is 35.5 Å². The molecule has 6 heteroatoms. The van der Waals surface area contributed by atoms with Crippen molar-refractivity contribution in [3.8, 4) is 11.5 Å². The second-order valence-electron chi connectivity index (χ2n) is 7.38. The number of anilines is 2.